The Morgan fingerprint density at radius 1 is 1.39 bits per heavy atom. The van der Waals surface area contributed by atoms with Crippen LogP contribution in [0.4, 0.5) is 0 Å². The largest absolute Gasteiger partial charge is 0.373 e. The molecule has 0 saturated carbocycles. The van der Waals surface area contributed by atoms with E-state index in [4.69, 9.17) is 10.00 Å². The van der Waals surface area contributed by atoms with Crippen molar-refractivity contribution in [2.24, 2.45) is 0 Å². The molecule has 1 atom stereocenters. The highest BCUT2D eigenvalue weighted by Gasteiger charge is 2.31. The zero-order chi connectivity index (χ0) is 13.0. The molecule has 0 amide bonds. The number of hydrogen-bond acceptors (Lipinski definition) is 3. The summed E-state index contributed by atoms with van der Waals surface area (Å²) in [4.78, 5) is 2.36. The monoisotopic (exact) mass is 244 g/mol. The lowest BCUT2D eigenvalue weighted by Gasteiger charge is -2.41. The average molecular weight is 244 g/mol. The predicted octanol–water partition coefficient (Wildman–Crippen LogP) is 2.75. The summed E-state index contributed by atoms with van der Waals surface area (Å²) in [5, 5.41) is 9.05. The van der Waals surface area contributed by atoms with Gasteiger partial charge >= 0.3 is 0 Å². The second-order valence-electron chi connectivity index (χ2n) is 5.37. The lowest BCUT2D eigenvalue weighted by Crippen LogP contribution is -2.49. The lowest BCUT2D eigenvalue weighted by atomic mass is 9.99. The van der Waals surface area contributed by atoms with Gasteiger partial charge in [-0.1, -0.05) is 30.3 Å². The normalized spacial score (nSPS) is 21.2. The first-order valence-electron chi connectivity index (χ1n) is 6.42. The molecule has 3 heteroatoms. The van der Waals surface area contributed by atoms with Gasteiger partial charge in [-0.25, -0.2) is 0 Å². The Morgan fingerprint density at radius 3 is 2.72 bits per heavy atom. The van der Waals surface area contributed by atoms with Crippen LogP contribution in [0.1, 0.15) is 31.9 Å². The summed E-state index contributed by atoms with van der Waals surface area (Å²) < 4.78 is 5.74. The van der Waals surface area contributed by atoms with Gasteiger partial charge in [-0.3, -0.25) is 4.90 Å². The third-order valence-electron chi connectivity index (χ3n) is 3.36. The number of rotatable bonds is 3. The van der Waals surface area contributed by atoms with Crippen molar-refractivity contribution < 1.29 is 4.74 Å². The van der Waals surface area contributed by atoms with E-state index in [0.29, 0.717) is 6.42 Å². The molecule has 0 N–H and O–H groups in total. The molecule has 0 spiro atoms. The van der Waals surface area contributed by atoms with Gasteiger partial charge in [0.25, 0.3) is 0 Å². The van der Waals surface area contributed by atoms with Crippen LogP contribution in [0.15, 0.2) is 30.3 Å². The third kappa shape index (κ3) is 3.10. The highest BCUT2D eigenvalue weighted by atomic mass is 16.5. The molecule has 0 aromatic heterocycles. The SMILES string of the molecule is CC1(C)CN(C(CC#N)c2ccccc2)CCO1. The molecule has 1 aliphatic heterocycles. The molecule has 3 nitrogen and oxygen atoms in total. The van der Waals surface area contributed by atoms with E-state index >= 15 is 0 Å². The van der Waals surface area contributed by atoms with Gasteiger partial charge < -0.3 is 4.74 Å². The molecule has 1 fully saturated rings. The molecule has 1 heterocycles. The highest BCUT2D eigenvalue weighted by molar-refractivity contribution is 5.20. The van der Waals surface area contributed by atoms with Gasteiger partial charge in [-0.15, -0.1) is 0 Å². The Kier molecular flexibility index (Phi) is 4.00. The lowest BCUT2D eigenvalue weighted by molar-refractivity contribution is -0.0972. The van der Waals surface area contributed by atoms with Crippen LogP contribution in [0.5, 0.6) is 0 Å². The zero-order valence-corrected chi connectivity index (χ0v) is 11.1. The Labute approximate surface area is 109 Å². The van der Waals surface area contributed by atoms with Crippen LogP contribution < -0.4 is 0 Å². The molecule has 1 saturated heterocycles. The van der Waals surface area contributed by atoms with Crippen molar-refractivity contribution in [1.29, 1.82) is 5.26 Å². The Bertz CT molecular complexity index is 422. The first-order chi connectivity index (χ1) is 8.62. The molecule has 96 valence electrons. The van der Waals surface area contributed by atoms with Crippen molar-refractivity contribution in [2.45, 2.75) is 31.9 Å². The second kappa shape index (κ2) is 5.51. The van der Waals surface area contributed by atoms with Crippen molar-refractivity contribution in [3.8, 4) is 6.07 Å². The Balaban J connectivity index is 2.18. The van der Waals surface area contributed by atoms with Gasteiger partial charge in [-0.2, -0.15) is 5.26 Å². The van der Waals surface area contributed by atoms with E-state index in [2.05, 4.69) is 36.9 Å². The van der Waals surface area contributed by atoms with Crippen molar-refractivity contribution in [1.82, 2.24) is 4.90 Å². The standard InChI is InChI=1S/C15H20N2O/c1-15(2)12-17(10-11-18-15)14(8-9-16)13-6-4-3-5-7-13/h3-7,14H,8,10-12H2,1-2H3. The maximum Gasteiger partial charge on any atom is 0.0753 e. The van der Waals surface area contributed by atoms with Gasteiger partial charge in [0.1, 0.15) is 0 Å². The molecule has 2 rings (SSSR count). The molecule has 1 aromatic carbocycles. The van der Waals surface area contributed by atoms with Crippen molar-refractivity contribution in [3.63, 3.8) is 0 Å². The second-order valence-corrected chi connectivity index (χ2v) is 5.37. The molecule has 1 unspecified atom stereocenters. The fraction of sp³-hybridized carbons (Fsp3) is 0.533. The van der Waals surface area contributed by atoms with Gasteiger partial charge in [0.15, 0.2) is 0 Å². The summed E-state index contributed by atoms with van der Waals surface area (Å²) in [6.45, 7) is 6.71. The summed E-state index contributed by atoms with van der Waals surface area (Å²) in [6, 6.07) is 12.8. The van der Waals surface area contributed by atoms with E-state index in [0.717, 1.165) is 19.7 Å². The molecule has 1 aliphatic rings. The summed E-state index contributed by atoms with van der Waals surface area (Å²) in [5.41, 5.74) is 1.09. The van der Waals surface area contributed by atoms with Crippen LogP contribution in [0.3, 0.4) is 0 Å². The van der Waals surface area contributed by atoms with E-state index in [1.54, 1.807) is 0 Å². The fourth-order valence-corrected chi connectivity index (χ4v) is 2.54. The zero-order valence-electron chi connectivity index (χ0n) is 11.1. The van der Waals surface area contributed by atoms with Gasteiger partial charge in [0.2, 0.25) is 0 Å². The third-order valence-corrected chi connectivity index (χ3v) is 3.36. The van der Waals surface area contributed by atoms with Crippen LogP contribution >= 0.6 is 0 Å². The van der Waals surface area contributed by atoms with Crippen LogP contribution in [0, 0.1) is 11.3 Å². The molecule has 1 aromatic rings. The minimum Gasteiger partial charge on any atom is -0.373 e. The van der Waals surface area contributed by atoms with Gasteiger partial charge in [0, 0.05) is 19.1 Å². The minimum atomic E-state index is -0.124. The maximum atomic E-state index is 9.05. The quantitative estimate of drug-likeness (QED) is 0.820. The minimum absolute atomic E-state index is 0.124. The maximum absolute atomic E-state index is 9.05. The van der Waals surface area contributed by atoms with Crippen molar-refractivity contribution in [3.05, 3.63) is 35.9 Å². The number of benzene rings is 1. The summed E-state index contributed by atoms with van der Waals surface area (Å²) in [7, 11) is 0. The average Bonchev–Trinajstić information content (AvgIpc) is 2.36. The number of hydrogen-bond donors (Lipinski definition) is 0. The summed E-state index contributed by atoms with van der Waals surface area (Å²) in [6.07, 6.45) is 0.528. The van der Waals surface area contributed by atoms with E-state index < -0.39 is 0 Å². The first-order valence-corrected chi connectivity index (χ1v) is 6.42. The highest BCUT2D eigenvalue weighted by Crippen LogP contribution is 2.28. The molecular formula is C15H20N2O. The Morgan fingerprint density at radius 2 is 2.11 bits per heavy atom. The van der Waals surface area contributed by atoms with Crippen molar-refractivity contribution in [2.75, 3.05) is 19.7 Å². The number of morpholine rings is 1. The van der Waals surface area contributed by atoms with E-state index in [1.807, 2.05) is 18.2 Å². The molecule has 18 heavy (non-hydrogen) atoms. The van der Waals surface area contributed by atoms with Crippen LogP contribution in [-0.2, 0) is 4.74 Å². The van der Waals surface area contributed by atoms with Gasteiger partial charge in [-0.05, 0) is 19.4 Å². The smallest absolute Gasteiger partial charge is 0.0753 e. The topological polar surface area (TPSA) is 36.3 Å². The Hall–Kier alpha value is -1.37. The number of nitrogens with zero attached hydrogens (tertiary/aromatic N) is 2. The first kappa shape index (κ1) is 13.1. The van der Waals surface area contributed by atoms with Crippen LogP contribution in [-0.4, -0.2) is 30.2 Å². The predicted molar refractivity (Wildman–Crippen MR) is 71.0 cm³/mol. The summed E-state index contributed by atoms with van der Waals surface area (Å²) >= 11 is 0. The van der Waals surface area contributed by atoms with E-state index in [1.165, 1.54) is 5.56 Å². The van der Waals surface area contributed by atoms with Crippen LogP contribution in [0.2, 0.25) is 0 Å². The molecule has 0 bridgehead atoms. The van der Waals surface area contributed by atoms with Gasteiger partial charge in [0.05, 0.1) is 24.7 Å². The van der Waals surface area contributed by atoms with E-state index in [-0.39, 0.29) is 11.6 Å². The number of nitriles is 1. The van der Waals surface area contributed by atoms with Crippen molar-refractivity contribution >= 4 is 0 Å². The molecular weight excluding hydrogens is 224 g/mol. The van der Waals surface area contributed by atoms with E-state index in [9.17, 15) is 0 Å². The summed E-state index contributed by atoms with van der Waals surface area (Å²) in [5.74, 6) is 0. The van der Waals surface area contributed by atoms with Crippen LogP contribution in [0.25, 0.3) is 0 Å². The molecule has 0 aliphatic carbocycles. The number of ether oxygens (including phenoxy) is 1. The molecule has 0 radical (unpaired) electrons. The fourth-order valence-electron chi connectivity index (χ4n) is 2.54.